The lowest BCUT2D eigenvalue weighted by atomic mass is 9.85. The monoisotopic (exact) mass is 1240 g/mol. The minimum atomic E-state index is -0.254. The number of rotatable bonds is 28. The average Bonchev–Trinajstić information content (AvgIpc) is 1.69. The summed E-state index contributed by atoms with van der Waals surface area (Å²) in [5, 5.41) is 42.4. The first-order chi connectivity index (χ1) is 44.7. The number of Topliss-reactive ketones (excluding diaryl/α,β-unsaturated/α-hetero) is 2. The molecule has 8 unspecified atom stereocenters. The summed E-state index contributed by atoms with van der Waals surface area (Å²) in [4.78, 5) is 53.2. The van der Waals surface area contributed by atoms with E-state index in [1.54, 1.807) is 33.5 Å². The second kappa shape index (κ2) is 31.6. The van der Waals surface area contributed by atoms with Crippen LogP contribution in [0.25, 0.3) is 0 Å². The summed E-state index contributed by atoms with van der Waals surface area (Å²) in [5.41, 5.74) is 9.51. The maximum absolute atomic E-state index is 13.8. The highest BCUT2D eigenvalue weighted by atomic mass is 16.5. The molecule has 2 aliphatic rings. The molecule has 2 saturated carbocycles. The number of methoxy groups -OCH3 is 3. The zero-order valence-electron chi connectivity index (χ0n) is 53.8. The van der Waals surface area contributed by atoms with Crippen molar-refractivity contribution >= 4 is 35.0 Å². The molecular formula is C74H84N10O8. The molecule has 10 rings (SSSR count). The van der Waals surface area contributed by atoms with Gasteiger partial charge >= 0.3 is 0 Å². The highest BCUT2D eigenvalue weighted by Gasteiger charge is 2.31. The second-order valence-corrected chi connectivity index (χ2v) is 25.1. The van der Waals surface area contributed by atoms with Crippen LogP contribution in [0.4, 0.5) is 11.6 Å². The molecule has 18 nitrogen and oxygen atoms in total. The van der Waals surface area contributed by atoms with Crippen molar-refractivity contribution < 1.29 is 38.1 Å². The summed E-state index contributed by atoms with van der Waals surface area (Å²) in [6, 6.07) is 44.2. The molecule has 4 heterocycles. The molecule has 2 aliphatic carbocycles. The number of amides is 2. The van der Waals surface area contributed by atoms with Crippen molar-refractivity contribution in [3.63, 3.8) is 0 Å². The predicted octanol–water partition coefficient (Wildman–Crippen LogP) is 13.3. The lowest BCUT2D eigenvalue weighted by Gasteiger charge is -2.20. The molecule has 8 atom stereocenters. The Bertz CT molecular complexity index is 3780. The number of nitrogens with one attached hydrogen (secondary N) is 2. The molecule has 2 amide bonds. The highest BCUT2D eigenvalue weighted by molar-refractivity contribution is 5.92. The van der Waals surface area contributed by atoms with Crippen LogP contribution in [0.15, 0.2) is 140 Å². The quantitative estimate of drug-likeness (QED) is 0.0434. The standard InChI is InChI=1S/C74H84N10O8/c1-46(36-59-28-29-62(79-77-59)53-26-27-54(40-53)63-31-30-61(78-80-63)48(3)47(2)37-60(85)41-55-18-10-13-21-67(55)89-5)49(4)66(86)42-58-25-24-50(38-70(58)91-7)45-92-69-23-15-12-20-57(69)44-74(88)76-72-35-33-65(82-84-72)52-17-9-8-16-51(39-52)64-32-34-71(83-81-64)75-73(87)43-56-19-11-14-22-68(56)90-6/h10-15,18-25,28-35,38,46-49,51-54H,8-9,16-17,26-27,36-37,39-45H2,1-7H3,(H,75,83,87)(H,76,84,88). The molecule has 4 aromatic carbocycles. The number of benzene rings is 4. The van der Waals surface area contributed by atoms with Gasteiger partial charge < -0.3 is 29.6 Å². The minimum Gasteiger partial charge on any atom is -0.496 e. The molecule has 2 fully saturated rings. The molecule has 8 aromatic rings. The first kappa shape index (κ1) is 65.6. The molecule has 92 heavy (non-hydrogen) atoms. The Hall–Kier alpha value is -9.32. The van der Waals surface area contributed by atoms with Gasteiger partial charge in [-0.3, -0.25) is 19.2 Å². The van der Waals surface area contributed by atoms with Crippen molar-refractivity contribution in [1.82, 2.24) is 40.8 Å². The molecule has 4 aromatic heterocycles. The van der Waals surface area contributed by atoms with Crippen molar-refractivity contribution in [2.24, 2.45) is 17.8 Å². The molecule has 0 spiro atoms. The fraction of sp³-hybridized carbons (Fsp3) is 0.405. The van der Waals surface area contributed by atoms with Gasteiger partial charge in [-0.25, -0.2) is 0 Å². The summed E-state index contributed by atoms with van der Waals surface area (Å²) < 4.78 is 23.0. The number of hydrogen-bond acceptors (Lipinski definition) is 16. The van der Waals surface area contributed by atoms with Crippen molar-refractivity contribution in [1.29, 1.82) is 0 Å². The summed E-state index contributed by atoms with van der Waals surface area (Å²) in [5.74, 6) is 4.02. The number of ether oxygens (including phenoxy) is 4. The maximum atomic E-state index is 13.8. The maximum Gasteiger partial charge on any atom is 0.230 e. The summed E-state index contributed by atoms with van der Waals surface area (Å²) >= 11 is 0. The van der Waals surface area contributed by atoms with Gasteiger partial charge in [0.15, 0.2) is 11.6 Å². The predicted molar refractivity (Wildman–Crippen MR) is 352 cm³/mol. The Morgan fingerprint density at radius 2 is 0.946 bits per heavy atom. The van der Waals surface area contributed by atoms with E-state index in [0.29, 0.717) is 53.7 Å². The normalized spacial score (nSPS) is 17.7. The van der Waals surface area contributed by atoms with Crippen molar-refractivity contribution in [3.05, 3.63) is 202 Å². The van der Waals surface area contributed by atoms with Crippen LogP contribution in [0.2, 0.25) is 0 Å². The van der Waals surface area contributed by atoms with E-state index >= 15 is 0 Å². The van der Waals surface area contributed by atoms with Gasteiger partial charge in [-0.1, -0.05) is 107 Å². The molecule has 0 saturated heterocycles. The van der Waals surface area contributed by atoms with Crippen molar-refractivity contribution in [2.45, 2.75) is 154 Å². The molecule has 0 aliphatic heterocycles. The van der Waals surface area contributed by atoms with Crippen LogP contribution in [0.1, 0.15) is 177 Å². The van der Waals surface area contributed by atoms with Crippen LogP contribution in [0.5, 0.6) is 23.0 Å². The topological polar surface area (TPSA) is 232 Å². The van der Waals surface area contributed by atoms with Crippen molar-refractivity contribution in [3.8, 4) is 23.0 Å². The summed E-state index contributed by atoms with van der Waals surface area (Å²) in [7, 11) is 4.82. The molecule has 0 radical (unpaired) electrons. The Labute approximate surface area is 539 Å². The number of para-hydroxylation sites is 3. The van der Waals surface area contributed by atoms with Crippen LogP contribution in [-0.4, -0.2) is 85.5 Å². The van der Waals surface area contributed by atoms with Gasteiger partial charge in [0, 0.05) is 77.0 Å². The zero-order valence-corrected chi connectivity index (χ0v) is 53.8. The fourth-order valence-corrected chi connectivity index (χ4v) is 12.9. The lowest BCUT2D eigenvalue weighted by molar-refractivity contribution is -0.123. The number of anilines is 2. The first-order valence-electron chi connectivity index (χ1n) is 32.3. The third-order valence-electron chi connectivity index (χ3n) is 18.7. The average molecular weight is 1240 g/mol. The largest absolute Gasteiger partial charge is 0.496 e. The van der Waals surface area contributed by atoms with E-state index in [-0.39, 0.29) is 96.6 Å². The number of aromatic nitrogens is 8. The zero-order chi connectivity index (χ0) is 64.5. The summed E-state index contributed by atoms with van der Waals surface area (Å²) in [6.45, 7) is 8.51. The Kier molecular flexibility index (Phi) is 22.6. The van der Waals surface area contributed by atoms with E-state index in [1.165, 1.54) is 0 Å². The Morgan fingerprint density at radius 1 is 0.467 bits per heavy atom. The second-order valence-electron chi connectivity index (χ2n) is 25.1. The van der Waals surface area contributed by atoms with Gasteiger partial charge in [0.2, 0.25) is 11.8 Å². The van der Waals surface area contributed by atoms with Gasteiger partial charge in [0.05, 0.1) is 68.3 Å². The third kappa shape index (κ3) is 17.4. The van der Waals surface area contributed by atoms with Gasteiger partial charge in [0.25, 0.3) is 0 Å². The van der Waals surface area contributed by atoms with Crippen LogP contribution in [0.3, 0.4) is 0 Å². The SMILES string of the molecule is COc1ccccc1CC(=O)CC(C)C(C)c1ccc(C2CCC(c3ccc(CC(C)C(C)C(=O)Cc4ccc(COc5ccccc5CC(=O)Nc5ccc(C6CCCCC(c7ccc(NC(=O)Cc8ccccc8OC)nn7)C6)nn5)cc4OC)nn3)C2)nn1. The lowest BCUT2D eigenvalue weighted by Crippen LogP contribution is -2.23. The fourth-order valence-electron chi connectivity index (χ4n) is 12.9. The number of carbonyl (C=O) groups excluding carboxylic acids is 4. The Balaban J connectivity index is 0.649. The van der Waals surface area contributed by atoms with E-state index < -0.39 is 0 Å². The third-order valence-corrected chi connectivity index (χ3v) is 18.7. The van der Waals surface area contributed by atoms with Crippen LogP contribution in [0, 0.1) is 17.8 Å². The number of nitrogens with zero attached hydrogens (tertiary/aromatic N) is 8. The molecule has 2 N–H and O–H groups in total. The van der Waals surface area contributed by atoms with E-state index in [4.69, 9.17) is 29.1 Å². The highest BCUT2D eigenvalue weighted by Crippen LogP contribution is 2.43. The van der Waals surface area contributed by atoms with Crippen LogP contribution in [-0.2, 0) is 57.9 Å². The Morgan fingerprint density at radius 3 is 1.46 bits per heavy atom. The smallest absolute Gasteiger partial charge is 0.230 e. The molecule has 18 heteroatoms. The van der Waals surface area contributed by atoms with Gasteiger partial charge in [-0.05, 0) is 135 Å². The minimum absolute atomic E-state index is 0.0272. The van der Waals surface area contributed by atoms with E-state index in [2.05, 4.69) is 86.3 Å². The van der Waals surface area contributed by atoms with Crippen LogP contribution < -0.4 is 29.6 Å². The van der Waals surface area contributed by atoms with Crippen molar-refractivity contribution in [2.75, 3.05) is 32.0 Å². The molecular weight excluding hydrogens is 1160 g/mol. The number of carbonyl (C=O) groups is 4. The summed E-state index contributed by atoms with van der Waals surface area (Å²) in [6.07, 6.45) is 9.61. The van der Waals surface area contributed by atoms with E-state index in [1.807, 2.05) is 110 Å². The van der Waals surface area contributed by atoms with Gasteiger partial charge in [-0.2, -0.15) is 30.6 Å². The van der Waals surface area contributed by atoms with Crippen LogP contribution >= 0.6 is 0 Å². The first-order valence-corrected chi connectivity index (χ1v) is 32.3. The van der Waals surface area contributed by atoms with Gasteiger partial charge in [-0.15, -0.1) is 10.2 Å². The molecule has 0 bridgehead atoms. The van der Waals surface area contributed by atoms with E-state index in [0.717, 1.165) is 114 Å². The number of hydrogen-bond donors (Lipinski definition) is 2. The molecule has 478 valence electrons. The number of ketones is 2. The van der Waals surface area contributed by atoms with Gasteiger partial charge in [0.1, 0.15) is 41.2 Å². The van der Waals surface area contributed by atoms with E-state index in [9.17, 15) is 19.2 Å².